The summed E-state index contributed by atoms with van der Waals surface area (Å²) in [5, 5.41) is 0. The predicted octanol–water partition coefficient (Wildman–Crippen LogP) is 0.400. The lowest BCUT2D eigenvalue weighted by atomic mass is 10.1. The SMILES string of the molecule is COc1ccnc(N(C)C[C@H]2CC(=O)N(C)C2)n1. The molecule has 6 heteroatoms. The molecule has 98 valence electrons. The third kappa shape index (κ3) is 2.69. The summed E-state index contributed by atoms with van der Waals surface area (Å²) in [5.41, 5.74) is 0. The number of anilines is 1. The van der Waals surface area contributed by atoms with Gasteiger partial charge in [-0.3, -0.25) is 4.79 Å². The molecule has 1 atom stereocenters. The second-order valence-corrected chi connectivity index (χ2v) is 4.62. The van der Waals surface area contributed by atoms with E-state index in [1.54, 1.807) is 24.3 Å². The molecule has 1 fully saturated rings. The van der Waals surface area contributed by atoms with Crippen molar-refractivity contribution in [1.29, 1.82) is 0 Å². The maximum absolute atomic E-state index is 11.5. The summed E-state index contributed by atoms with van der Waals surface area (Å²) in [5.74, 6) is 1.71. The third-order valence-electron chi connectivity index (χ3n) is 3.12. The van der Waals surface area contributed by atoms with E-state index in [0.717, 1.165) is 13.1 Å². The minimum atomic E-state index is 0.208. The van der Waals surface area contributed by atoms with Crippen molar-refractivity contribution < 1.29 is 9.53 Å². The lowest BCUT2D eigenvalue weighted by molar-refractivity contribution is -0.126. The van der Waals surface area contributed by atoms with Crippen LogP contribution in [0.3, 0.4) is 0 Å². The van der Waals surface area contributed by atoms with Crippen molar-refractivity contribution >= 4 is 11.9 Å². The Hall–Kier alpha value is -1.85. The molecule has 2 rings (SSSR count). The molecular formula is C12H18N4O2. The average Bonchev–Trinajstić information content (AvgIpc) is 2.68. The molecule has 1 aromatic heterocycles. The largest absolute Gasteiger partial charge is 0.481 e. The van der Waals surface area contributed by atoms with Gasteiger partial charge in [0.25, 0.3) is 0 Å². The van der Waals surface area contributed by atoms with Crippen molar-refractivity contribution in [2.24, 2.45) is 5.92 Å². The van der Waals surface area contributed by atoms with Crippen molar-refractivity contribution in [2.45, 2.75) is 6.42 Å². The predicted molar refractivity (Wildman–Crippen MR) is 67.6 cm³/mol. The normalized spacial score (nSPS) is 19.2. The Morgan fingerprint density at radius 1 is 1.61 bits per heavy atom. The Bertz CT molecular complexity index is 438. The van der Waals surface area contributed by atoms with Crippen LogP contribution in [0.25, 0.3) is 0 Å². The highest BCUT2D eigenvalue weighted by Gasteiger charge is 2.28. The van der Waals surface area contributed by atoms with Crippen LogP contribution in [-0.2, 0) is 4.79 Å². The van der Waals surface area contributed by atoms with Crippen LogP contribution in [0.1, 0.15) is 6.42 Å². The second kappa shape index (κ2) is 5.20. The Balaban J connectivity index is 1.99. The summed E-state index contributed by atoms with van der Waals surface area (Å²) in [7, 11) is 5.35. The van der Waals surface area contributed by atoms with Crippen molar-refractivity contribution in [3.05, 3.63) is 12.3 Å². The number of rotatable bonds is 4. The minimum absolute atomic E-state index is 0.208. The molecule has 0 bridgehead atoms. The molecule has 6 nitrogen and oxygen atoms in total. The second-order valence-electron chi connectivity index (χ2n) is 4.62. The highest BCUT2D eigenvalue weighted by Crippen LogP contribution is 2.19. The quantitative estimate of drug-likeness (QED) is 0.774. The zero-order chi connectivity index (χ0) is 13.1. The van der Waals surface area contributed by atoms with Gasteiger partial charge in [-0.05, 0) is 0 Å². The van der Waals surface area contributed by atoms with E-state index in [1.807, 2.05) is 19.0 Å². The van der Waals surface area contributed by atoms with Crippen molar-refractivity contribution in [3.63, 3.8) is 0 Å². The Morgan fingerprint density at radius 2 is 2.39 bits per heavy atom. The maximum atomic E-state index is 11.5. The number of likely N-dealkylation sites (tertiary alicyclic amines) is 1. The summed E-state index contributed by atoms with van der Waals surface area (Å²) in [6, 6.07) is 1.71. The van der Waals surface area contributed by atoms with E-state index in [1.165, 1.54) is 0 Å². The van der Waals surface area contributed by atoms with Gasteiger partial charge in [-0.1, -0.05) is 0 Å². The van der Waals surface area contributed by atoms with Crippen molar-refractivity contribution in [2.75, 3.05) is 39.2 Å². The maximum Gasteiger partial charge on any atom is 0.228 e. The first-order valence-electron chi connectivity index (χ1n) is 5.92. The van der Waals surface area contributed by atoms with Crippen LogP contribution in [0.4, 0.5) is 5.95 Å². The van der Waals surface area contributed by atoms with E-state index in [0.29, 0.717) is 24.2 Å². The Labute approximate surface area is 107 Å². The van der Waals surface area contributed by atoms with E-state index in [9.17, 15) is 4.79 Å². The smallest absolute Gasteiger partial charge is 0.228 e. The first-order valence-corrected chi connectivity index (χ1v) is 5.92. The fourth-order valence-corrected chi connectivity index (χ4v) is 2.18. The van der Waals surface area contributed by atoms with Gasteiger partial charge in [0.1, 0.15) is 0 Å². The molecule has 0 N–H and O–H groups in total. The van der Waals surface area contributed by atoms with Gasteiger partial charge in [-0.2, -0.15) is 4.98 Å². The van der Waals surface area contributed by atoms with Crippen LogP contribution >= 0.6 is 0 Å². The summed E-state index contributed by atoms with van der Waals surface area (Å²) < 4.78 is 5.07. The molecule has 0 saturated carbocycles. The van der Waals surface area contributed by atoms with E-state index in [-0.39, 0.29) is 5.91 Å². The highest BCUT2D eigenvalue weighted by atomic mass is 16.5. The fourth-order valence-electron chi connectivity index (χ4n) is 2.18. The number of aromatic nitrogens is 2. The molecule has 0 spiro atoms. The van der Waals surface area contributed by atoms with Crippen LogP contribution < -0.4 is 9.64 Å². The van der Waals surface area contributed by atoms with Crippen LogP contribution in [-0.4, -0.2) is 55.1 Å². The molecule has 18 heavy (non-hydrogen) atoms. The third-order valence-corrected chi connectivity index (χ3v) is 3.12. The van der Waals surface area contributed by atoms with Crippen molar-refractivity contribution in [1.82, 2.24) is 14.9 Å². The number of hydrogen-bond acceptors (Lipinski definition) is 5. The average molecular weight is 250 g/mol. The molecular weight excluding hydrogens is 232 g/mol. The minimum Gasteiger partial charge on any atom is -0.481 e. The van der Waals surface area contributed by atoms with Crippen molar-refractivity contribution in [3.8, 4) is 5.88 Å². The number of amides is 1. The van der Waals surface area contributed by atoms with Crippen LogP contribution in [0.5, 0.6) is 5.88 Å². The highest BCUT2D eigenvalue weighted by molar-refractivity contribution is 5.78. The van der Waals surface area contributed by atoms with Crippen LogP contribution in [0, 0.1) is 5.92 Å². The Kier molecular flexibility index (Phi) is 3.64. The molecule has 1 aliphatic rings. The lowest BCUT2D eigenvalue weighted by Crippen LogP contribution is -2.28. The molecule has 0 aromatic carbocycles. The van der Waals surface area contributed by atoms with Crippen LogP contribution in [0.15, 0.2) is 12.3 Å². The first kappa shape index (κ1) is 12.6. The molecule has 1 amide bonds. The van der Waals surface area contributed by atoms with Gasteiger partial charge in [-0.25, -0.2) is 4.98 Å². The number of ether oxygens (including phenoxy) is 1. The lowest BCUT2D eigenvalue weighted by Gasteiger charge is -2.20. The first-order chi connectivity index (χ1) is 8.60. The monoisotopic (exact) mass is 250 g/mol. The van der Waals surface area contributed by atoms with E-state index >= 15 is 0 Å². The van der Waals surface area contributed by atoms with E-state index < -0.39 is 0 Å². The Morgan fingerprint density at radius 3 is 3.00 bits per heavy atom. The summed E-state index contributed by atoms with van der Waals surface area (Å²) >= 11 is 0. The standard InChI is InChI=1S/C12H18N4O2/c1-15-7-9(6-11(15)17)8-16(2)12-13-5-4-10(14-12)18-3/h4-5,9H,6-8H2,1-3H3/t9-/m0/s1. The summed E-state index contributed by atoms with van der Waals surface area (Å²) in [6.07, 6.45) is 2.27. The zero-order valence-corrected chi connectivity index (χ0v) is 11.0. The van der Waals surface area contributed by atoms with Gasteiger partial charge in [0.2, 0.25) is 17.7 Å². The molecule has 2 heterocycles. The van der Waals surface area contributed by atoms with Gasteiger partial charge < -0.3 is 14.5 Å². The number of methoxy groups -OCH3 is 1. The van der Waals surface area contributed by atoms with Gasteiger partial charge in [0.05, 0.1) is 7.11 Å². The van der Waals surface area contributed by atoms with E-state index in [4.69, 9.17) is 4.74 Å². The summed E-state index contributed by atoms with van der Waals surface area (Å²) in [4.78, 5) is 23.7. The van der Waals surface area contributed by atoms with Gasteiger partial charge >= 0.3 is 0 Å². The number of carbonyl (C=O) groups is 1. The molecule has 0 aliphatic carbocycles. The molecule has 1 aliphatic heterocycles. The number of nitrogens with zero attached hydrogens (tertiary/aromatic N) is 4. The zero-order valence-electron chi connectivity index (χ0n) is 11.0. The molecule has 1 saturated heterocycles. The van der Waals surface area contributed by atoms with E-state index in [2.05, 4.69) is 9.97 Å². The molecule has 0 radical (unpaired) electrons. The van der Waals surface area contributed by atoms with Gasteiger partial charge in [0.15, 0.2) is 0 Å². The number of carbonyl (C=O) groups excluding carboxylic acids is 1. The topological polar surface area (TPSA) is 58.6 Å². The van der Waals surface area contributed by atoms with Gasteiger partial charge in [0, 0.05) is 51.8 Å². The fraction of sp³-hybridized carbons (Fsp3) is 0.583. The van der Waals surface area contributed by atoms with Crippen LogP contribution in [0.2, 0.25) is 0 Å². The summed E-state index contributed by atoms with van der Waals surface area (Å²) in [6.45, 7) is 1.57. The number of hydrogen-bond donors (Lipinski definition) is 0. The molecule has 0 unspecified atom stereocenters. The van der Waals surface area contributed by atoms with Gasteiger partial charge in [-0.15, -0.1) is 0 Å². The molecule has 1 aromatic rings.